The second-order valence-electron chi connectivity index (χ2n) is 4.51. The Kier molecular flexibility index (Phi) is 3.32. The van der Waals surface area contributed by atoms with E-state index in [0.29, 0.717) is 17.6 Å². The molecule has 0 saturated heterocycles. The van der Waals surface area contributed by atoms with Gasteiger partial charge in [-0.15, -0.1) is 0 Å². The topological polar surface area (TPSA) is 26.3 Å². The zero-order chi connectivity index (χ0) is 13.2. The smallest absolute Gasteiger partial charge is 0.334 e. The summed E-state index contributed by atoms with van der Waals surface area (Å²) in [5.41, 5.74) is 0.148. The van der Waals surface area contributed by atoms with Crippen molar-refractivity contribution < 1.29 is 13.9 Å². The van der Waals surface area contributed by atoms with Gasteiger partial charge in [0.15, 0.2) is 5.60 Å². The predicted octanol–water partition coefficient (Wildman–Crippen LogP) is 3.49. The number of ether oxygens (including phenoxy) is 1. The molecule has 0 bridgehead atoms. The molecule has 18 heavy (non-hydrogen) atoms. The molecular weight excluding hydrogens is 231 g/mol. The second-order valence-corrected chi connectivity index (χ2v) is 4.51. The lowest BCUT2D eigenvalue weighted by atomic mass is 9.93. The summed E-state index contributed by atoms with van der Waals surface area (Å²) in [5, 5.41) is 0. The Morgan fingerprint density at radius 3 is 2.83 bits per heavy atom. The molecule has 0 aromatic heterocycles. The average molecular weight is 246 g/mol. The van der Waals surface area contributed by atoms with Crippen molar-refractivity contribution in [3.63, 3.8) is 0 Å². The highest BCUT2D eigenvalue weighted by Crippen LogP contribution is 2.38. The van der Waals surface area contributed by atoms with Gasteiger partial charge in [-0.2, -0.15) is 0 Å². The lowest BCUT2D eigenvalue weighted by Crippen LogP contribution is -2.28. The number of rotatable bonds is 3. The summed E-state index contributed by atoms with van der Waals surface area (Å²) in [4.78, 5) is 11.7. The number of hydrogen-bond donors (Lipinski definition) is 0. The first-order valence-electron chi connectivity index (χ1n) is 5.86. The van der Waals surface area contributed by atoms with E-state index in [0.717, 1.165) is 6.42 Å². The normalized spacial score (nSPS) is 21.9. The largest absolute Gasteiger partial charge is 0.447 e. The van der Waals surface area contributed by atoms with E-state index in [9.17, 15) is 9.18 Å². The molecule has 0 aliphatic heterocycles. The number of esters is 1. The lowest BCUT2D eigenvalue weighted by Gasteiger charge is -2.28. The van der Waals surface area contributed by atoms with E-state index in [4.69, 9.17) is 4.74 Å². The van der Waals surface area contributed by atoms with Crippen molar-refractivity contribution in [1.82, 2.24) is 0 Å². The first kappa shape index (κ1) is 12.6. The molecule has 0 amide bonds. The monoisotopic (exact) mass is 246 g/mol. The van der Waals surface area contributed by atoms with E-state index in [-0.39, 0.29) is 5.82 Å². The molecule has 1 aliphatic carbocycles. The van der Waals surface area contributed by atoms with Crippen LogP contribution in [0.25, 0.3) is 0 Å². The van der Waals surface area contributed by atoms with E-state index in [1.165, 1.54) is 12.1 Å². The summed E-state index contributed by atoms with van der Waals surface area (Å²) in [6.07, 6.45) is 5.20. The molecule has 1 aromatic rings. The fourth-order valence-electron chi connectivity index (χ4n) is 2.04. The minimum absolute atomic E-state index is 0.335. The maximum Gasteiger partial charge on any atom is 0.334 e. The number of carbonyl (C=O) groups is 1. The van der Waals surface area contributed by atoms with Crippen LogP contribution in [0.1, 0.15) is 25.3 Å². The third-order valence-electron chi connectivity index (χ3n) is 3.01. The Morgan fingerprint density at radius 2 is 2.28 bits per heavy atom. The molecule has 3 heteroatoms. The Bertz CT molecular complexity index is 519. The van der Waals surface area contributed by atoms with Crippen LogP contribution in [-0.4, -0.2) is 5.97 Å². The minimum Gasteiger partial charge on any atom is -0.447 e. The number of allylic oxidation sites excluding steroid dienone is 1. The van der Waals surface area contributed by atoms with Crippen LogP contribution in [0.3, 0.4) is 0 Å². The van der Waals surface area contributed by atoms with E-state index >= 15 is 0 Å². The lowest BCUT2D eigenvalue weighted by molar-refractivity contribution is -0.151. The molecule has 0 radical (unpaired) electrons. The van der Waals surface area contributed by atoms with Crippen molar-refractivity contribution >= 4 is 5.97 Å². The van der Waals surface area contributed by atoms with Gasteiger partial charge in [-0.05, 0) is 38.0 Å². The summed E-state index contributed by atoms with van der Waals surface area (Å²) >= 11 is 0. The molecule has 0 saturated carbocycles. The standard InChI is InChI=1S/C15H15FO2/c1-11(2)14(17)18-15(8-3-4-9-15)12-6-5-7-13(16)10-12/h3,5-8,10H,1,4,9H2,2H3. The maximum atomic E-state index is 13.3. The maximum absolute atomic E-state index is 13.3. The van der Waals surface area contributed by atoms with E-state index < -0.39 is 11.6 Å². The minimum atomic E-state index is -0.849. The fraction of sp³-hybridized carbons (Fsp3) is 0.267. The Morgan fingerprint density at radius 1 is 1.50 bits per heavy atom. The zero-order valence-corrected chi connectivity index (χ0v) is 10.3. The van der Waals surface area contributed by atoms with Crippen LogP contribution in [0.5, 0.6) is 0 Å². The number of hydrogen-bond acceptors (Lipinski definition) is 2. The van der Waals surface area contributed by atoms with Gasteiger partial charge in [0.05, 0.1) is 0 Å². The van der Waals surface area contributed by atoms with Crippen molar-refractivity contribution in [1.29, 1.82) is 0 Å². The Hall–Kier alpha value is -1.90. The SMILES string of the molecule is C=C(C)C(=O)OC1(c2cccc(F)c2)C=CCC1. The molecule has 0 N–H and O–H groups in total. The highest BCUT2D eigenvalue weighted by Gasteiger charge is 2.36. The fourth-order valence-corrected chi connectivity index (χ4v) is 2.04. The highest BCUT2D eigenvalue weighted by atomic mass is 19.1. The first-order valence-corrected chi connectivity index (χ1v) is 5.86. The van der Waals surface area contributed by atoms with Crippen molar-refractivity contribution in [2.45, 2.75) is 25.4 Å². The zero-order valence-electron chi connectivity index (χ0n) is 10.3. The van der Waals surface area contributed by atoms with Crippen LogP contribution in [0.2, 0.25) is 0 Å². The number of benzene rings is 1. The summed E-state index contributed by atoms with van der Waals surface area (Å²) in [6.45, 7) is 5.16. The van der Waals surface area contributed by atoms with Crippen molar-refractivity contribution in [2.75, 3.05) is 0 Å². The molecule has 2 rings (SSSR count). The van der Waals surface area contributed by atoms with Gasteiger partial charge in [0.25, 0.3) is 0 Å². The molecule has 1 aliphatic rings. The van der Waals surface area contributed by atoms with Crippen LogP contribution < -0.4 is 0 Å². The van der Waals surface area contributed by atoms with Gasteiger partial charge in [0, 0.05) is 11.1 Å². The molecular formula is C15H15FO2. The van der Waals surface area contributed by atoms with Gasteiger partial charge in [-0.1, -0.05) is 24.8 Å². The summed E-state index contributed by atoms with van der Waals surface area (Å²) in [7, 11) is 0. The van der Waals surface area contributed by atoms with Crippen molar-refractivity contribution in [3.05, 3.63) is 60.0 Å². The Labute approximate surface area is 106 Å². The van der Waals surface area contributed by atoms with Crippen LogP contribution in [0.15, 0.2) is 48.6 Å². The molecule has 1 atom stereocenters. The van der Waals surface area contributed by atoms with Crippen LogP contribution in [-0.2, 0) is 15.1 Å². The highest BCUT2D eigenvalue weighted by molar-refractivity contribution is 5.87. The van der Waals surface area contributed by atoms with Gasteiger partial charge in [0.2, 0.25) is 0 Å². The molecule has 94 valence electrons. The summed E-state index contributed by atoms with van der Waals surface area (Å²) < 4.78 is 18.8. The predicted molar refractivity (Wildman–Crippen MR) is 67.4 cm³/mol. The number of halogens is 1. The van der Waals surface area contributed by atoms with Crippen LogP contribution >= 0.6 is 0 Å². The first-order chi connectivity index (χ1) is 8.53. The molecule has 0 spiro atoms. The van der Waals surface area contributed by atoms with Gasteiger partial charge in [0.1, 0.15) is 5.82 Å². The van der Waals surface area contributed by atoms with E-state index in [1.54, 1.807) is 19.1 Å². The van der Waals surface area contributed by atoms with E-state index in [2.05, 4.69) is 6.58 Å². The number of carbonyl (C=O) groups excluding carboxylic acids is 1. The molecule has 1 unspecified atom stereocenters. The Balaban J connectivity index is 2.36. The molecule has 2 nitrogen and oxygen atoms in total. The van der Waals surface area contributed by atoms with Gasteiger partial charge < -0.3 is 4.74 Å². The van der Waals surface area contributed by atoms with Crippen LogP contribution in [0.4, 0.5) is 4.39 Å². The third kappa shape index (κ3) is 2.35. The summed E-state index contributed by atoms with van der Waals surface area (Å²) in [6, 6.07) is 6.16. The van der Waals surface area contributed by atoms with Crippen LogP contribution in [0, 0.1) is 5.82 Å². The van der Waals surface area contributed by atoms with Crippen molar-refractivity contribution in [2.24, 2.45) is 0 Å². The third-order valence-corrected chi connectivity index (χ3v) is 3.01. The molecule has 1 aromatic carbocycles. The average Bonchev–Trinajstić information content (AvgIpc) is 2.78. The van der Waals surface area contributed by atoms with Gasteiger partial charge in [-0.3, -0.25) is 0 Å². The van der Waals surface area contributed by atoms with Crippen molar-refractivity contribution in [3.8, 4) is 0 Å². The second kappa shape index (κ2) is 4.77. The van der Waals surface area contributed by atoms with E-state index in [1.807, 2.05) is 12.2 Å². The van der Waals surface area contributed by atoms with Gasteiger partial charge in [-0.25, -0.2) is 9.18 Å². The molecule has 0 heterocycles. The van der Waals surface area contributed by atoms with Gasteiger partial charge >= 0.3 is 5.97 Å². The molecule has 0 fully saturated rings. The quantitative estimate of drug-likeness (QED) is 0.463. The summed E-state index contributed by atoms with van der Waals surface area (Å²) in [5.74, 6) is -0.788.